The second-order valence-corrected chi connectivity index (χ2v) is 2.83. The van der Waals surface area contributed by atoms with Crippen LogP contribution in [-0.4, -0.2) is 18.8 Å². The van der Waals surface area contributed by atoms with Crippen molar-refractivity contribution in [3.05, 3.63) is 12.3 Å². The molecule has 66 valence electrons. The summed E-state index contributed by atoms with van der Waals surface area (Å²) in [5.74, 6) is 0. The molecule has 12 heavy (non-hydrogen) atoms. The van der Waals surface area contributed by atoms with Crippen molar-refractivity contribution < 1.29 is 9.53 Å². The number of ether oxygens (including phenoxy) is 1. The Kier molecular flexibility index (Phi) is 4.35. The Balaban J connectivity index is 2.16. The Labute approximate surface area is 72.1 Å². The van der Waals surface area contributed by atoms with E-state index in [1.807, 2.05) is 6.08 Å². The van der Waals surface area contributed by atoms with Gasteiger partial charge >= 0.3 is 0 Å². The van der Waals surface area contributed by atoms with Gasteiger partial charge in [-0.2, -0.15) is 4.99 Å². The van der Waals surface area contributed by atoms with E-state index in [2.05, 4.69) is 4.99 Å². The van der Waals surface area contributed by atoms with Crippen molar-refractivity contribution in [2.45, 2.75) is 31.8 Å². The number of rotatable bonds is 3. The summed E-state index contributed by atoms with van der Waals surface area (Å²) in [5, 5.41) is 0. The molecule has 1 saturated heterocycles. The first-order chi connectivity index (χ1) is 5.93. The normalized spacial score (nSPS) is 23.8. The van der Waals surface area contributed by atoms with Crippen molar-refractivity contribution in [1.29, 1.82) is 0 Å². The van der Waals surface area contributed by atoms with E-state index >= 15 is 0 Å². The predicted molar refractivity (Wildman–Crippen MR) is 45.5 cm³/mol. The summed E-state index contributed by atoms with van der Waals surface area (Å²) < 4.78 is 5.47. The van der Waals surface area contributed by atoms with E-state index in [-0.39, 0.29) is 0 Å². The molecule has 0 radical (unpaired) electrons. The predicted octanol–water partition coefficient (Wildman–Crippen LogP) is 1.80. The second kappa shape index (κ2) is 5.70. The fourth-order valence-electron chi connectivity index (χ4n) is 1.29. The summed E-state index contributed by atoms with van der Waals surface area (Å²) in [5.41, 5.74) is 0. The van der Waals surface area contributed by atoms with Gasteiger partial charge in [-0.1, -0.05) is 6.08 Å². The molecule has 1 rings (SSSR count). The van der Waals surface area contributed by atoms with Crippen LogP contribution in [0.2, 0.25) is 0 Å². The highest BCUT2D eigenvalue weighted by atomic mass is 16.5. The van der Waals surface area contributed by atoms with E-state index in [0.29, 0.717) is 6.10 Å². The minimum Gasteiger partial charge on any atom is -0.378 e. The first-order valence-electron chi connectivity index (χ1n) is 4.27. The minimum absolute atomic E-state index is 0.330. The highest BCUT2D eigenvalue weighted by Gasteiger charge is 2.11. The van der Waals surface area contributed by atoms with Crippen LogP contribution in [0.15, 0.2) is 17.3 Å². The van der Waals surface area contributed by atoms with Gasteiger partial charge in [0.05, 0.1) is 6.10 Å². The summed E-state index contributed by atoms with van der Waals surface area (Å²) in [4.78, 5) is 13.0. The first-order valence-corrected chi connectivity index (χ1v) is 4.27. The van der Waals surface area contributed by atoms with Crippen LogP contribution in [0, 0.1) is 0 Å². The lowest BCUT2D eigenvalue weighted by Gasteiger charge is -2.20. The topological polar surface area (TPSA) is 38.7 Å². The molecule has 0 spiro atoms. The monoisotopic (exact) mass is 167 g/mol. The lowest BCUT2D eigenvalue weighted by molar-refractivity contribution is 0.0184. The van der Waals surface area contributed by atoms with Gasteiger partial charge < -0.3 is 4.74 Å². The summed E-state index contributed by atoms with van der Waals surface area (Å²) in [6, 6.07) is 0. The maximum absolute atomic E-state index is 9.68. The van der Waals surface area contributed by atoms with E-state index in [4.69, 9.17) is 4.74 Å². The highest BCUT2D eigenvalue weighted by molar-refractivity contribution is 5.34. The molecule has 1 heterocycles. The molecule has 1 aliphatic rings. The summed E-state index contributed by atoms with van der Waals surface area (Å²) in [7, 11) is 0. The lowest BCUT2D eigenvalue weighted by Crippen LogP contribution is -2.17. The Hall–Kier alpha value is -0.920. The molecular formula is C9H13NO2. The van der Waals surface area contributed by atoms with Gasteiger partial charge in [0.15, 0.2) is 0 Å². The van der Waals surface area contributed by atoms with Crippen LogP contribution < -0.4 is 0 Å². The molecular weight excluding hydrogens is 154 g/mol. The van der Waals surface area contributed by atoms with Crippen molar-refractivity contribution in [3.8, 4) is 0 Å². The van der Waals surface area contributed by atoms with Crippen molar-refractivity contribution in [1.82, 2.24) is 0 Å². The molecule has 0 aromatic carbocycles. The number of hydrogen-bond acceptors (Lipinski definition) is 3. The quantitative estimate of drug-likeness (QED) is 0.475. The molecule has 1 unspecified atom stereocenters. The van der Waals surface area contributed by atoms with E-state index in [1.165, 1.54) is 25.1 Å². The molecule has 0 amide bonds. The maximum Gasteiger partial charge on any atom is 0.239 e. The molecule has 0 aromatic rings. The van der Waals surface area contributed by atoms with Gasteiger partial charge in [-0.3, -0.25) is 0 Å². The van der Waals surface area contributed by atoms with E-state index in [0.717, 1.165) is 19.4 Å². The molecule has 0 saturated carbocycles. The number of nitrogens with zero attached hydrogens (tertiary/aromatic N) is 1. The lowest BCUT2D eigenvalue weighted by atomic mass is 10.1. The number of isocyanates is 1. The van der Waals surface area contributed by atoms with Crippen LogP contribution in [0.25, 0.3) is 0 Å². The van der Waals surface area contributed by atoms with E-state index in [1.54, 1.807) is 0 Å². The van der Waals surface area contributed by atoms with Gasteiger partial charge in [-0.05, 0) is 25.7 Å². The highest BCUT2D eigenvalue weighted by Crippen LogP contribution is 2.15. The summed E-state index contributed by atoms with van der Waals surface area (Å²) in [6.07, 6.45) is 9.50. The summed E-state index contributed by atoms with van der Waals surface area (Å²) in [6.45, 7) is 0.870. The third-order valence-corrected chi connectivity index (χ3v) is 1.91. The zero-order valence-electron chi connectivity index (χ0n) is 7.03. The van der Waals surface area contributed by atoms with Crippen LogP contribution in [-0.2, 0) is 9.53 Å². The van der Waals surface area contributed by atoms with Crippen molar-refractivity contribution in [2.24, 2.45) is 4.99 Å². The molecule has 0 N–H and O–H groups in total. The van der Waals surface area contributed by atoms with Crippen LogP contribution in [0.1, 0.15) is 25.7 Å². The Morgan fingerprint density at radius 2 is 2.50 bits per heavy atom. The molecule has 1 fully saturated rings. The van der Waals surface area contributed by atoms with Crippen LogP contribution >= 0.6 is 0 Å². The SMILES string of the molecule is O=C=N/C=C\CC1CCCCO1. The molecule has 1 atom stereocenters. The molecule has 3 heteroatoms. The van der Waals surface area contributed by atoms with Crippen molar-refractivity contribution in [3.63, 3.8) is 0 Å². The summed E-state index contributed by atoms with van der Waals surface area (Å²) >= 11 is 0. The standard InChI is InChI=1S/C9H13NO2/c11-8-10-6-3-5-9-4-1-2-7-12-9/h3,6,9H,1-2,4-5,7H2/b6-3-. The third-order valence-electron chi connectivity index (χ3n) is 1.91. The minimum atomic E-state index is 0.330. The zero-order valence-corrected chi connectivity index (χ0v) is 7.03. The van der Waals surface area contributed by atoms with E-state index < -0.39 is 0 Å². The van der Waals surface area contributed by atoms with Crippen LogP contribution in [0.4, 0.5) is 0 Å². The Bertz CT molecular complexity index is 189. The maximum atomic E-state index is 9.68. The fourth-order valence-corrected chi connectivity index (χ4v) is 1.29. The first kappa shape index (κ1) is 9.17. The molecule has 0 aromatic heterocycles. The number of hydrogen-bond donors (Lipinski definition) is 0. The van der Waals surface area contributed by atoms with Gasteiger partial charge in [-0.15, -0.1) is 0 Å². The number of aliphatic imine (C=N–C) groups is 1. The molecule has 3 nitrogen and oxygen atoms in total. The average Bonchev–Trinajstić information content (AvgIpc) is 2.14. The smallest absolute Gasteiger partial charge is 0.239 e. The fraction of sp³-hybridized carbons (Fsp3) is 0.667. The van der Waals surface area contributed by atoms with Crippen LogP contribution in [0.3, 0.4) is 0 Å². The van der Waals surface area contributed by atoms with Gasteiger partial charge in [0.25, 0.3) is 0 Å². The third kappa shape index (κ3) is 3.46. The molecule has 0 aliphatic carbocycles. The second-order valence-electron chi connectivity index (χ2n) is 2.83. The molecule has 0 bridgehead atoms. The number of carbonyl (C=O) groups excluding carboxylic acids is 1. The van der Waals surface area contributed by atoms with Gasteiger partial charge in [0, 0.05) is 12.8 Å². The largest absolute Gasteiger partial charge is 0.378 e. The van der Waals surface area contributed by atoms with Gasteiger partial charge in [0.2, 0.25) is 6.08 Å². The van der Waals surface area contributed by atoms with Crippen molar-refractivity contribution >= 4 is 6.08 Å². The van der Waals surface area contributed by atoms with Crippen LogP contribution in [0.5, 0.6) is 0 Å². The van der Waals surface area contributed by atoms with Gasteiger partial charge in [0.1, 0.15) is 0 Å². The Morgan fingerprint density at radius 3 is 3.17 bits per heavy atom. The molecule has 1 aliphatic heterocycles. The van der Waals surface area contributed by atoms with Crippen molar-refractivity contribution in [2.75, 3.05) is 6.61 Å². The zero-order chi connectivity index (χ0) is 8.65. The van der Waals surface area contributed by atoms with Gasteiger partial charge in [-0.25, -0.2) is 4.79 Å². The van der Waals surface area contributed by atoms with E-state index in [9.17, 15) is 4.79 Å². The average molecular weight is 167 g/mol. The Morgan fingerprint density at radius 1 is 1.58 bits per heavy atom.